The van der Waals surface area contributed by atoms with Crippen LogP contribution in [0.4, 0.5) is 0 Å². The Kier molecular flexibility index (Phi) is 7.56. The van der Waals surface area contributed by atoms with Gasteiger partial charge in [-0.15, -0.1) is 0 Å². The standard InChI is InChI=1S/C21H25N5O2/c1-5-19(18-9-15(2)20(28)10-16(18)14-27)26(4)17(11-22-3)12-23-13-21-24-7-6-8-25-21/h6-12,14,19,28H,3,5,13H2,1-2,4H3/b17-11+,23-12-. The minimum atomic E-state index is -0.105. The zero-order valence-corrected chi connectivity index (χ0v) is 16.4. The second kappa shape index (κ2) is 10.1. The monoisotopic (exact) mass is 379 g/mol. The third kappa shape index (κ3) is 5.09. The topological polar surface area (TPSA) is 91.0 Å². The number of aromatic nitrogens is 2. The predicted molar refractivity (Wildman–Crippen MR) is 111 cm³/mol. The average molecular weight is 379 g/mol. The van der Waals surface area contributed by atoms with Gasteiger partial charge in [0.15, 0.2) is 6.29 Å². The van der Waals surface area contributed by atoms with E-state index in [2.05, 4.69) is 26.7 Å². The van der Waals surface area contributed by atoms with Crippen LogP contribution in [0, 0.1) is 6.92 Å². The van der Waals surface area contributed by atoms with E-state index in [0.29, 0.717) is 17.9 Å². The Bertz CT molecular complexity index is 878. The number of nitrogens with zero attached hydrogens (tertiary/aromatic N) is 5. The van der Waals surface area contributed by atoms with E-state index in [1.165, 1.54) is 6.07 Å². The molecule has 1 unspecified atom stereocenters. The van der Waals surface area contributed by atoms with Gasteiger partial charge in [-0.2, -0.15) is 0 Å². The molecule has 0 radical (unpaired) electrons. The molecule has 1 heterocycles. The molecule has 1 N–H and O–H groups in total. The molecular formula is C21H25N5O2. The Balaban J connectivity index is 2.31. The molecule has 28 heavy (non-hydrogen) atoms. The summed E-state index contributed by atoms with van der Waals surface area (Å²) in [4.78, 5) is 30.1. The lowest BCUT2D eigenvalue weighted by atomic mass is 9.95. The minimum Gasteiger partial charge on any atom is -0.508 e. The summed E-state index contributed by atoms with van der Waals surface area (Å²) in [7, 11) is 1.91. The number of aliphatic imine (C=N–C) groups is 2. The Morgan fingerprint density at radius 2 is 2.07 bits per heavy atom. The minimum absolute atomic E-state index is 0.105. The average Bonchev–Trinajstić information content (AvgIpc) is 2.71. The second-order valence-electron chi connectivity index (χ2n) is 6.29. The van der Waals surface area contributed by atoms with E-state index >= 15 is 0 Å². The maximum absolute atomic E-state index is 11.5. The Morgan fingerprint density at radius 3 is 2.68 bits per heavy atom. The van der Waals surface area contributed by atoms with Crippen LogP contribution in [0.2, 0.25) is 0 Å². The number of carbonyl (C=O) groups excluding carboxylic acids is 1. The number of allylic oxidation sites excluding steroid dienone is 1. The van der Waals surface area contributed by atoms with Crippen LogP contribution in [0.1, 0.15) is 46.7 Å². The first-order valence-corrected chi connectivity index (χ1v) is 8.95. The van der Waals surface area contributed by atoms with Crippen LogP contribution < -0.4 is 0 Å². The van der Waals surface area contributed by atoms with E-state index in [1.807, 2.05) is 31.9 Å². The van der Waals surface area contributed by atoms with E-state index in [9.17, 15) is 9.90 Å². The van der Waals surface area contributed by atoms with Gasteiger partial charge in [0.25, 0.3) is 0 Å². The lowest BCUT2D eigenvalue weighted by Gasteiger charge is -2.31. The molecule has 0 spiro atoms. The number of phenols is 1. The van der Waals surface area contributed by atoms with Gasteiger partial charge in [0.2, 0.25) is 0 Å². The van der Waals surface area contributed by atoms with Crippen LogP contribution in [0.15, 0.2) is 52.5 Å². The summed E-state index contributed by atoms with van der Waals surface area (Å²) in [5.41, 5.74) is 2.75. The molecule has 0 amide bonds. The molecule has 7 nitrogen and oxygen atoms in total. The molecule has 2 rings (SSSR count). The van der Waals surface area contributed by atoms with Gasteiger partial charge >= 0.3 is 0 Å². The number of aromatic hydroxyl groups is 1. The number of aldehydes is 1. The quantitative estimate of drug-likeness (QED) is 0.532. The number of hydrogen-bond acceptors (Lipinski definition) is 7. The maximum Gasteiger partial charge on any atom is 0.150 e. The SMILES string of the molecule is C=N/C=C(\C=N/Cc1ncccn1)N(C)C(CC)c1cc(C)c(O)cc1C=O. The summed E-state index contributed by atoms with van der Waals surface area (Å²) in [6, 6.07) is 5.00. The Hall–Kier alpha value is -3.35. The molecule has 1 aromatic heterocycles. The normalized spacial score (nSPS) is 12.8. The number of benzene rings is 1. The molecule has 7 heteroatoms. The van der Waals surface area contributed by atoms with E-state index < -0.39 is 0 Å². The van der Waals surface area contributed by atoms with Gasteiger partial charge in [-0.25, -0.2) is 9.97 Å². The zero-order chi connectivity index (χ0) is 20.5. The summed E-state index contributed by atoms with van der Waals surface area (Å²) in [5, 5.41) is 9.93. The van der Waals surface area contributed by atoms with E-state index in [1.54, 1.807) is 30.9 Å². The number of aryl methyl sites for hydroxylation is 1. The Labute approximate surface area is 165 Å². The highest BCUT2D eigenvalue weighted by molar-refractivity contribution is 5.80. The maximum atomic E-state index is 11.5. The van der Waals surface area contributed by atoms with Crippen molar-refractivity contribution in [2.24, 2.45) is 9.98 Å². The van der Waals surface area contributed by atoms with Crippen LogP contribution >= 0.6 is 0 Å². The van der Waals surface area contributed by atoms with Crippen LogP contribution in [0.25, 0.3) is 0 Å². The van der Waals surface area contributed by atoms with Crippen LogP contribution in [-0.4, -0.2) is 46.2 Å². The van der Waals surface area contributed by atoms with Crippen molar-refractivity contribution in [1.29, 1.82) is 0 Å². The van der Waals surface area contributed by atoms with E-state index in [0.717, 1.165) is 29.5 Å². The molecule has 0 aliphatic rings. The number of hydrogen-bond donors (Lipinski definition) is 1. The molecule has 0 bridgehead atoms. The van der Waals surface area contributed by atoms with Crippen molar-refractivity contribution in [2.75, 3.05) is 7.05 Å². The van der Waals surface area contributed by atoms with Crippen molar-refractivity contribution in [1.82, 2.24) is 14.9 Å². The summed E-state index contributed by atoms with van der Waals surface area (Å²) < 4.78 is 0. The first kappa shape index (κ1) is 21.0. The molecule has 1 atom stereocenters. The fourth-order valence-electron chi connectivity index (χ4n) is 2.95. The van der Waals surface area contributed by atoms with Crippen molar-refractivity contribution in [3.05, 3.63) is 65.0 Å². The molecule has 0 fully saturated rings. The molecule has 146 valence electrons. The number of phenolic OH excluding ortho intramolecular Hbond substituents is 1. The summed E-state index contributed by atoms with van der Waals surface area (Å²) in [6.07, 6.45) is 8.17. The summed E-state index contributed by atoms with van der Waals surface area (Å²) in [6.45, 7) is 7.73. The number of rotatable bonds is 9. The fraction of sp³-hybridized carbons (Fsp3) is 0.286. The molecule has 0 saturated carbocycles. The van der Waals surface area contributed by atoms with Crippen LogP contribution in [0.3, 0.4) is 0 Å². The smallest absolute Gasteiger partial charge is 0.150 e. The fourth-order valence-corrected chi connectivity index (χ4v) is 2.95. The van der Waals surface area contributed by atoms with Gasteiger partial charge in [0, 0.05) is 31.2 Å². The van der Waals surface area contributed by atoms with Crippen molar-refractivity contribution in [3.8, 4) is 5.75 Å². The highest BCUT2D eigenvalue weighted by Crippen LogP contribution is 2.31. The molecular weight excluding hydrogens is 354 g/mol. The number of carbonyl (C=O) groups is 1. The van der Waals surface area contributed by atoms with Gasteiger partial charge in [-0.3, -0.25) is 14.8 Å². The van der Waals surface area contributed by atoms with Gasteiger partial charge in [0.05, 0.1) is 24.5 Å². The second-order valence-corrected chi connectivity index (χ2v) is 6.29. The van der Waals surface area contributed by atoms with Gasteiger partial charge in [-0.05, 0) is 49.4 Å². The van der Waals surface area contributed by atoms with Crippen LogP contribution in [0.5, 0.6) is 5.75 Å². The lowest BCUT2D eigenvalue weighted by Crippen LogP contribution is -2.25. The zero-order valence-electron chi connectivity index (χ0n) is 16.4. The predicted octanol–water partition coefficient (Wildman–Crippen LogP) is 3.50. The highest BCUT2D eigenvalue weighted by atomic mass is 16.3. The van der Waals surface area contributed by atoms with Crippen molar-refractivity contribution in [3.63, 3.8) is 0 Å². The Morgan fingerprint density at radius 1 is 1.36 bits per heavy atom. The first-order valence-electron chi connectivity index (χ1n) is 8.95. The van der Waals surface area contributed by atoms with Crippen LogP contribution in [-0.2, 0) is 6.54 Å². The molecule has 2 aromatic rings. The first-order chi connectivity index (χ1) is 13.5. The third-order valence-electron chi connectivity index (χ3n) is 4.45. The van der Waals surface area contributed by atoms with Gasteiger partial charge in [0.1, 0.15) is 11.6 Å². The van der Waals surface area contributed by atoms with Gasteiger partial charge in [-0.1, -0.05) is 6.92 Å². The lowest BCUT2D eigenvalue weighted by molar-refractivity contribution is 0.112. The van der Waals surface area contributed by atoms with E-state index in [4.69, 9.17) is 0 Å². The molecule has 0 saturated heterocycles. The molecule has 0 aliphatic carbocycles. The van der Waals surface area contributed by atoms with Crippen molar-refractivity contribution in [2.45, 2.75) is 32.9 Å². The summed E-state index contributed by atoms with van der Waals surface area (Å²) in [5.74, 6) is 0.730. The van der Waals surface area contributed by atoms with Crippen molar-refractivity contribution < 1.29 is 9.90 Å². The van der Waals surface area contributed by atoms with Gasteiger partial charge < -0.3 is 10.0 Å². The van der Waals surface area contributed by atoms with Crippen molar-refractivity contribution >= 4 is 19.2 Å². The molecule has 1 aromatic carbocycles. The third-order valence-corrected chi connectivity index (χ3v) is 4.45. The summed E-state index contributed by atoms with van der Waals surface area (Å²) >= 11 is 0. The largest absolute Gasteiger partial charge is 0.508 e. The van der Waals surface area contributed by atoms with E-state index in [-0.39, 0.29) is 11.8 Å². The highest BCUT2D eigenvalue weighted by Gasteiger charge is 2.21. The molecule has 0 aliphatic heterocycles.